The fraction of sp³-hybridized carbons (Fsp3) is 0.632. The standard InChI is InChI=1S/C19H26ClNO2/c1-18(2,3)13-23-17(22)21-8-6-19(7-9-21)11-14-4-5-16(20)10-15(14)12-19/h4-5,10H,6-9,11-13H2,1-3H3. The molecule has 0 aromatic heterocycles. The van der Waals surface area contributed by atoms with Crippen LogP contribution < -0.4 is 0 Å². The number of hydrogen-bond acceptors (Lipinski definition) is 2. The van der Waals surface area contributed by atoms with E-state index < -0.39 is 0 Å². The molecule has 1 amide bonds. The number of benzene rings is 1. The van der Waals surface area contributed by atoms with Gasteiger partial charge in [0.2, 0.25) is 0 Å². The summed E-state index contributed by atoms with van der Waals surface area (Å²) in [6, 6.07) is 6.25. The molecule has 1 aliphatic heterocycles. The predicted octanol–water partition coefficient (Wildman–Crippen LogP) is 4.70. The minimum Gasteiger partial charge on any atom is -0.449 e. The number of nitrogens with zero attached hydrogens (tertiary/aromatic N) is 1. The Morgan fingerprint density at radius 1 is 1.22 bits per heavy atom. The van der Waals surface area contributed by atoms with Crippen LogP contribution in [-0.2, 0) is 17.6 Å². The minimum absolute atomic E-state index is 0.0129. The molecule has 3 nitrogen and oxygen atoms in total. The van der Waals surface area contributed by atoms with Crippen molar-refractivity contribution in [3.8, 4) is 0 Å². The molecule has 0 atom stereocenters. The second-order valence-corrected chi connectivity index (χ2v) is 8.81. The lowest BCUT2D eigenvalue weighted by Gasteiger charge is -2.39. The number of carbonyl (C=O) groups is 1. The van der Waals surface area contributed by atoms with E-state index in [-0.39, 0.29) is 11.5 Å². The number of rotatable bonds is 1. The summed E-state index contributed by atoms with van der Waals surface area (Å²) < 4.78 is 5.44. The lowest BCUT2D eigenvalue weighted by Crippen LogP contribution is -2.44. The fourth-order valence-electron chi connectivity index (χ4n) is 3.69. The number of likely N-dealkylation sites (tertiary alicyclic amines) is 1. The molecule has 3 rings (SSSR count). The van der Waals surface area contributed by atoms with E-state index in [1.54, 1.807) is 0 Å². The molecule has 1 saturated heterocycles. The maximum atomic E-state index is 12.2. The van der Waals surface area contributed by atoms with Crippen LogP contribution >= 0.6 is 11.6 Å². The molecule has 23 heavy (non-hydrogen) atoms. The van der Waals surface area contributed by atoms with Crippen LogP contribution in [-0.4, -0.2) is 30.7 Å². The molecule has 0 bridgehead atoms. The van der Waals surface area contributed by atoms with Gasteiger partial charge in [-0.3, -0.25) is 0 Å². The average molecular weight is 336 g/mol. The van der Waals surface area contributed by atoms with Crippen molar-refractivity contribution < 1.29 is 9.53 Å². The van der Waals surface area contributed by atoms with Crippen molar-refractivity contribution in [1.82, 2.24) is 4.90 Å². The highest BCUT2D eigenvalue weighted by Gasteiger charge is 2.41. The van der Waals surface area contributed by atoms with Crippen molar-refractivity contribution in [1.29, 1.82) is 0 Å². The first-order chi connectivity index (χ1) is 10.8. The topological polar surface area (TPSA) is 29.5 Å². The van der Waals surface area contributed by atoms with Crippen LogP contribution in [0.2, 0.25) is 5.02 Å². The third kappa shape index (κ3) is 3.82. The second-order valence-electron chi connectivity index (χ2n) is 8.37. The lowest BCUT2D eigenvalue weighted by atomic mass is 9.76. The predicted molar refractivity (Wildman–Crippen MR) is 92.9 cm³/mol. The summed E-state index contributed by atoms with van der Waals surface area (Å²) in [6.07, 6.45) is 4.14. The summed E-state index contributed by atoms with van der Waals surface area (Å²) in [5.74, 6) is 0. The third-order valence-corrected chi connectivity index (χ3v) is 5.25. The SMILES string of the molecule is CC(C)(C)COC(=O)N1CCC2(CC1)Cc1ccc(Cl)cc1C2. The summed E-state index contributed by atoms with van der Waals surface area (Å²) in [5, 5.41) is 0.823. The minimum atomic E-state index is -0.159. The summed E-state index contributed by atoms with van der Waals surface area (Å²) in [7, 11) is 0. The fourth-order valence-corrected chi connectivity index (χ4v) is 3.88. The van der Waals surface area contributed by atoms with Crippen LogP contribution in [0.15, 0.2) is 18.2 Å². The molecular formula is C19H26ClNO2. The Kier molecular flexibility index (Phi) is 4.35. The van der Waals surface area contributed by atoms with Crippen LogP contribution in [0.3, 0.4) is 0 Å². The van der Waals surface area contributed by atoms with Gasteiger partial charge >= 0.3 is 6.09 Å². The molecule has 1 spiro atoms. The van der Waals surface area contributed by atoms with Gasteiger partial charge in [0.15, 0.2) is 0 Å². The molecule has 4 heteroatoms. The summed E-state index contributed by atoms with van der Waals surface area (Å²) in [6.45, 7) is 8.29. The summed E-state index contributed by atoms with van der Waals surface area (Å²) >= 11 is 6.12. The molecule has 1 aromatic rings. The molecule has 1 heterocycles. The molecule has 0 N–H and O–H groups in total. The van der Waals surface area contributed by atoms with Gasteiger partial charge < -0.3 is 9.64 Å². The Labute approximate surface area is 144 Å². The Balaban J connectivity index is 1.56. The molecular weight excluding hydrogens is 310 g/mol. The van der Waals surface area contributed by atoms with Crippen molar-refractivity contribution in [2.75, 3.05) is 19.7 Å². The van der Waals surface area contributed by atoms with Gasteiger partial charge in [-0.25, -0.2) is 4.79 Å². The Morgan fingerprint density at radius 3 is 2.52 bits per heavy atom. The zero-order chi connectivity index (χ0) is 16.7. The molecule has 0 radical (unpaired) electrons. The molecule has 2 aliphatic rings. The lowest BCUT2D eigenvalue weighted by molar-refractivity contribution is 0.0489. The zero-order valence-corrected chi connectivity index (χ0v) is 15.1. The van der Waals surface area contributed by atoms with E-state index in [2.05, 4.69) is 32.9 Å². The zero-order valence-electron chi connectivity index (χ0n) is 14.3. The largest absolute Gasteiger partial charge is 0.449 e. The van der Waals surface area contributed by atoms with E-state index in [0.29, 0.717) is 12.0 Å². The number of amides is 1. The van der Waals surface area contributed by atoms with Gasteiger partial charge in [-0.2, -0.15) is 0 Å². The van der Waals surface area contributed by atoms with Crippen LogP contribution in [0, 0.1) is 10.8 Å². The van der Waals surface area contributed by atoms with Gasteiger partial charge in [0.1, 0.15) is 0 Å². The number of halogens is 1. The van der Waals surface area contributed by atoms with Crippen LogP contribution in [0.5, 0.6) is 0 Å². The number of ether oxygens (including phenoxy) is 1. The van der Waals surface area contributed by atoms with Gasteiger partial charge in [0.05, 0.1) is 6.61 Å². The molecule has 1 fully saturated rings. The number of carbonyl (C=O) groups excluding carboxylic acids is 1. The number of fused-ring (bicyclic) bond motifs is 1. The molecule has 0 saturated carbocycles. The van der Waals surface area contributed by atoms with Gasteiger partial charge in [-0.05, 0) is 59.8 Å². The first kappa shape index (κ1) is 16.6. The number of piperidine rings is 1. The maximum Gasteiger partial charge on any atom is 0.409 e. The van der Waals surface area contributed by atoms with Crippen molar-refractivity contribution in [3.63, 3.8) is 0 Å². The van der Waals surface area contributed by atoms with Gasteiger partial charge in [-0.15, -0.1) is 0 Å². The van der Waals surface area contributed by atoms with E-state index in [0.717, 1.165) is 43.8 Å². The Bertz CT molecular complexity index is 598. The molecule has 1 aromatic carbocycles. The van der Waals surface area contributed by atoms with E-state index in [1.165, 1.54) is 11.1 Å². The quantitative estimate of drug-likeness (QED) is 0.744. The Morgan fingerprint density at radius 2 is 1.87 bits per heavy atom. The van der Waals surface area contributed by atoms with Crippen molar-refractivity contribution in [2.24, 2.45) is 10.8 Å². The van der Waals surface area contributed by atoms with E-state index >= 15 is 0 Å². The normalized spacial score (nSPS) is 19.7. The average Bonchev–Trinajstić information content (AvgIpc) is 2.81. The van der Waals surface area contributed by atoms with E-state index in [4.69, 9.17) is 16.3 Å². The van der Waals surface area contributed by atoms with Crippen LogP contribution in [0.4, 0.5) is 4.79 Å². The van der Waals surface area contributed by atoms with Crippen LogP contribution in [0.25, 0.3) is 0 Å². The van der Waals surface area contributed by atoms with E-state index in [1.807, 2.05) is 11.0 Å². The number of hydrogen-bond donors (Lipinski definition) is 0. The van der Waals surface area contributed by atoms with Crippen LogP contribution in [0.1, 0.15) is 44.7 Å². The molecule has 1 aliphatic carbocycles. The molecule has 0 unspecified atom stereocenters. The van der Waals surface area contributed by atoms with Crippen molar-refractivity contribution in [3.05, 3.63) is 34.3 Å². The first-order valence-corrected chi connectivity index (χ1v) is 8.83. The second kappa shape index (κ2) is 6.01. The summed E-state index contributed by atoms with van der Waals surface area (Å²) in [5.41, 5.74) is 3.15. The van der Waals surface area contributed by atoms with Gasteiger partial charge in [0, 0.05) is 18.1 Å². The highest BCUT2D eigenvalue weighted by molar-refractivity contribution is 6.30. The highest BCUT2D eigenvalue weighted by Crippen LogP contribution is 2.45. The van der Waals surface area contributed by atoms with Gasteiger partial charge in [-0.1, -0.05) is 38.4 Å². The Hall–Kier alpha value is -1.22. The molecule has 126 valence electrons. The maximum absolute atomic E-state index is 12.2. The van der Waals surface area contributed by atoms with Crippen molar-refractivity contribution >= 4 is 17.7 Å². The monoisotopic (exact) mass is 335 g/mol. The van der Waals surface area contributed by atoms with Gasteiger partial charge in [0.25, 0.3) is 0 Å². The van der Waals surface area contributed by atoms with E-state index in [9.17, 15) is 4.79 Å². The smallest absolute Gasteiger partial charge is 0.409 e. The summed E-state index contributed by atoms with van der Waals surface area (Å²) in [4.78, 5) is 14.1. The third-order valence-electron chi connectivity index (χ3n) is 5.01. The first-order valence-electron chi connectivity index (χ1n) is 8.45. The highest BCUT2D eigenvalue weighted by atomic mass is 35.5. The van der Waals surface area contributed by atoms with Crippen molar-refractivity contribution in [2.45, 2.75) is 46.5 Å².